The number of carboxylic acid groups (broad SMARTS) is 1. The zero-order valence-corrected chi connectivity index (χ0v) is 10.8. The maximum Gasteiger partial charge on any atom is 0.393 e. The Morgan fingerprint density at radius 3 is 2.40 bits per heavy atom. The van der Waals surface area contributed by atoms with Crippen LogP contribution >= 0.6 is 0 Å². The Kier molecular flexibility index (Phi) is 4.10. The summed E-state index contributed by atoms with van der Waals surface area (Å²) < 4.78 is 38.0. The highest BCUT2D eigenvalue weighted by molar-refractivity contribution is 5.83. The van der Waals surface area contributed by atoms with Crippen molar-refractivity contribution in [3.8, 4) is 0 Å². The molecule has 0 aromatic carbocycles. The quantitative estimate of drug-likeness (QED) is 0.834. The lowest BCUT2D eigenvalue weighted by Crippen LogP contribution is -2.53. The number of likely N-dealkylation sites (tertiary alicyclic amines) is 1. The van der Waals surface area contributed by atoms with Crippen LogP contribution < -0.4 is 5.32 Å². The predicted molar refractivity (Wildman–Crippen MR) is 63.0 cm³/mol. The van der Waals surface area contributed by atoms with E-state index >= 15 is 0 Å². The van der Waals surface area contributed by atoms with Crippen molar-refractivity contribution >= 4 is 12.0 Å². The summed E-state index contributed by atoms with van der Waals surface area (Å²) in [6.07, 6.45) is -2.58. The van der Waals surface area contributed by atoms with Gasteiger partial charge in [-0.05, 0) is 31.6 Å². The average Bonchev–Trinajstić information content (AvgIpc) is 3.18. The van der Waals surface area contributed by atoms with Crippen molar-refractivity contribution in [1.29, 1.82) is 0 Å². The van der Waals surface area contributed by atoms with Crippen LogP contribution in [0.15, 0.2) is 0 Å². The van der Waals surface area contributed by atoms with E-state index in [0.717, 1.165) is 17.7 Å². The lowest BCUT2D eigenvalue weighted by molar-refractivity contribution is -0.184. The first-order valence-corrected chi connectivity index (χ1v) is 6.64. The molecule has 2 N–H and O–H groups in total. The second-order valence-electron chi connectivity index (χ2n) is 5.43. The first kappa shape index (κ1) is 14.9. The fourth-order valence-electron chi connectivity index (χ4n) is 2.46. The van der Waals surface area contributed by atoms with Crippen molar-refractivity contribution in [3.05, 3.63) is 0 Å². The third kappa shape index (κ3) is 3.55. The molecule has 1 heterocycles. The van der Waals surface area contributed by atoms with E-state index in [-0.39, 0.29) is 25.3 Å². The van der Waals surface area contributed by atoms with Crippen molar-refractivity contribution in [2.24, 2.45) is 11.8 Å². The first-order chi connectivity index (χ1) is 9.29. The molecule has 2 amide bonds. The number of carbonyl (C=O) groups is 2. The minimum Gasteiger partial charge on any atom is -0.480 e. The summed E-state index contributed by atoms with van der Waals surface area (Å²) in [6.45, 7) is -0.165. The minimum absolute atomic E-state index is 0.0122. The number of carbonyl (C=O) groups excluding carboxylic acids is 1. The van der Waals surface area contributed by atoms with Gasteiger partial charge in [0.2, 0.25) is 0 Å². The van der Waals surface area contributed by atoms with E-state index < -0.39 is 36.7 Å². The topological polar surface area (TPSA) is 69.6 Å². The standard InChI is InChI=1S/C12H17F3N2O3/c13-12(14,15)8-2-1-5-17(6-8)11(20)16-9(10(18)19)7-3-4-7/h7-9H,1-6H2,(H,16,20)(H,18,19). The van der Waals surface area contributed by atoms with Gasteiger partial charge >= 0.3 is 18.2 Å². The normalized spacial score (nSPS) is 25.1. The van der Waals surface area contributed by atoms with Gasteiger partial charge in [0.05, 0.1) is 5.92 Å². The number of carboxylic acids is 1. The Bertz CT molecular complexity index is 396. The summed E-state index contributed by atoms with van der Waals surface area (Å²) in [5.41, 5.74) is 0. The monoisotopic (exact) mass is 294 g/mol. The Morgan fingerprint density at radius 1 is 1.25 bits per heavy atom. The van der Waals surface area contributed by atoms with Crippen molar-refractivity contribution in [2.45, 2.75) is 37.9 Å². The molecule has 114 valence electrons. The Balaban J connectivity index is 1.93. The number of halogens is 3. The van der Waals surface area contributed by atoms with Gasteiger partial charge in [-0.2, -0.15) is 13.2 Å². The Morgan fingerprint density at radius 2 is 1.90 bits per heavy atom. The lowest BCUT2D eigenvalue weighted by Gasteiger charge is -2.34. The van der Waals surface area contributed by atoms with E-state index in [1.807, 2.05) is 0 Å². The highest BCUT2D eigenvalue weighted by atomic mass is 19.4. The second-order valence-corrected chi connectivity index (χ2v) is 5.43. The van der Waals surface area contributed by atoms with E-state index in [4.69, 9.17) is 5.11 Å². The van der Waals surface area contributed by atoms with Crippen molar-refractivity contribution in [1.82, 2.24) is 10.2 Å². The predicted octanol–water partition coefficient (Wildman–Crippen LogP) is 1.83. The summed E-state index contributed by atoms with van der Waals surface area (Å²) in [5.74, 6) is -2.75. The molecule has 1 aliphatic carbocycles. The largest absolute Gasteiger partial charge is 0.480 e. The Hall–Kier alpha value is -1.47. The molecule has 0 radical (unpaired) electrons. The van der Waals surface area contributed by atoms with Gasteiger partial charge in [0.25, 0.3) is 0 Å². The number of nitrogens with zero attached hydrogens (tertiary/aromatic N) is 1. The number of piperidine rings is 1. The molecule has 0 aromatic rings. The van der Waals surface area contributed by atoms with Crippen molar-refractivity contribution in [2.75, 3.05) is 13.1 Å². The number of nitrogens with one attached hydrogen (secondary N) is 1. The molecule has 2 unspecified atom stereocenters. The molecule has 8 heteroatoms. The molecular weight excluding hydrogens is 277 g/mol. The van der Waals surface area contributed by atoms with Crippen molar-refractivity contribution in [3.63, 3.8) is 0 Å². The molecule has 2 rings (SSSR count). The molecule has 1 saturated carbocycles. The molecular formula is C12H17F3N2O3. The van der Waals surface area contributed by atoms with Gasteiger partial charge in [-0.15, -0.1) is 0 Å². The average molecular weight is 294 g/mol. The molecule has 0 spiro atoms. The Labute approximate surface area is 114 Å². The van der Waals surface area contributed by atoms with Gasteiger partial charge in [-0.25, -0.2) is 9.59 Å². The fourth-order valence-corrected chi connectivity index (χ4v) is 2.46. The zero-order chi connectivity index (χ0) is 14.9. The van der Waals surface area contributed by atoms with Crippen LogP contribution in [0, 0.1) is 11.8 Å². The van der Waals surface area contributed by atoms with Gasteiger partial charge in [-0.1, -0.05) is 0 Å². The van der Waals surface area contributed by atoms with Gasteiger partial charge in [0.1, 0.15) is 6.04 Å². The van der Waals surface area contributed by atoms with Crippen LogP contribution in [0.2, 0.25) is 0 Å². The third-order valence-electron chi connectivity index (χ3n) is 3.81. The van der Waals surface area contributed by atoms with Gasteiger partial charge in [0, 0.05) is 13.1 Å². The van der Waals surface area contributed by atoms with E-state index in [2.05, 4.69) is 5.32 Å². The summed E-state index contributed by atoms with van der Waals surface area (Å²) in [6, 6.07) is -1.70. The molecule has 2 atom stereocenters. The molecule has 0 bridgehead atoms. The number of alkyl halides is 3. The highest BCUT2D eigenvalue weighted by Crippen LogP contribution is 2.34. The minimum atomic E-state index is -4.32. The van der Waals surface area contributed by atoms with E-state index in [1.165, 1.54) is 0 Å². The maximum atomic E-state index is 12.7. The van der Waals surface area contributed by atoms with Crippen LogP contribution in [0.1, 0.15) is 25.7 Å². The van der Waals surface area contributed by atoms with Crippen LogP contribution in [-0.4, -0.2) is 47.3 Å². The second kappa shape index (κ2) is 5.49. The van der Waals surface area contributed by atoms with Gasteiger partial charge in [-0.3, -0.25) is 0 Å². The molecule has 20 heavy (non-hydrogen) atoms. The van der Waals surface area contributed by atoms with E-state index in [0.29, 0.717) is 0 Å². The zero-order valence-electron chi connectivity index (χ0n) is 10.8. The molecule has 5 nitrogen and oxygen atoms in total. The van der Waals surface area contributed by atoms with Crippen LogP contribution in [0.4, 0.5) is 18.0 Å². The van der Waals surface area contributed by atoms with E-state index in [9.17, 15) is 22.8 Å². The number of aliphatic carboxylic acids is 1. The van der Waals surface area contributed by atoms with Gasteiger partial charge < -0.3 is 15.3 Å². The fraction of sp³-hybridized carbons (Fsp3) is 0.833. The summed E-state index contributed by atoms with van der Waals surface area (Å²) in [5, 5.41) is 11.3. The number of urea groups is 1. The number of hydrogen-bond donors (Lipinski definition) is 2. The highest BCUT2D eigenvalue weighted by Gasteiger charge is 2.44. The molecule has 1 saturated heterocycles. The summed E-state index contributed by atoms with van der Waals surface area (Å²) in [7, 11) is 0. The smallest absolute Gasteiger partial charge is 0.393 e. The lowest BCUT2D eigenvalue weighted by atomic mass is 9.98. The SMILES string of the molecule is O=C(O)C(NC(=O)N1CCCC(C(F)(F)F)C1)C1CC1. The molecule has 2 aliphatic rings. The summed E-state index contributed by atoms with van der Waals surface area (Å²) >= 11 is 0. The van der Waals surface area contributed by atoms with Crippen LogP contribution in [0.5, 0.6) is 0 Å². The maximum absolute atomic E-state index is 12.7. The van der Waals surface area contributed by atoms with Crippen LogP contribution in [-0.2, 0) is 4.79 Å². The number of rotatable bonds is 3. The third-order valence-corrected chi connectivity index (χ3v) is 3.81. The molecule has 0 aromatic heterocycles. The first-order valence-electron chi connectivity index (χ1n) is 6.64. The van der Waals surface area contributed by atoms with Crippen molar-refractivity contribution < 1.29 is 27.9 Å². The molecule has 1 aliphatic heterocycles. The van der Waals surface area contributed by atoms with E-state index in [1.54, 1.807) is 0 Å². The summed E-state index contributed by atoms with van der Waals surface area (Å²) in [4.78, 5) is 24.0. The molecule has 2 fully saturated rings. The number of amides is 2. The van der Waals surface area contributed by atoms with Crippen LogP contribution in [0.25, 0.3) is 0 Å². The van der Waals surface area contributed by atoms with Gasteiger partial charge in [0.15, 0.2) is 0 Å². The number of hydrogen-bond acceptors (Lipinski definition) is 2. The van der Waals surface area contributed by atoms with Crippen LogP contribution in [0.3, 0.4) is 0 Å².